The predicted octanol–water partition coefficient (Wildman–Crippen LogP) is 2.09. The van der Waals surface area contributed by atoms with Gasteiger partial charge in [-0.25, -0.2) is 0 Å². The van der Waals surface area contributed by atoms with Crippen molar-refractivity contribution in [2.75, 3.05) is 6.54 Å². The number of aliphatic hydroxyl groups excluding tert-OH is 1. The van der Waals surface area contributed by atoms with Gasteiger partial charge in [-0.05, 0) is 31.1 Å². The molecule has 2 N–H and O–H groups in total. The van der Waals surface area contributed by atoms with Gasteiger partial charge >= 0.3 is 0 Å². The fourth-order valence-corrected chi connectivity index (χ4v) is 2.84. The first kappa shape index (κ1) is 11.2. The van der Waals surface area contributed by atoms with Crippen molar-refractivity contribution in [2.45, 2.75) is 51.2 Å². The lowest BCUT2D eigenvalue weighted by Crippen LogP contribution is -2.38. The average molecular weight is 209 g/mol. The number of nitrogens with one attached hydrogen (secondary N) is 1. The number of hydrogen-bond donors (Lipinski definition) is 2. The highest BCUT2D eigenvalue weighted by atomic mass is 16.3. The first-order valence-corrected chi connectivity index (χ1v) is 6.39. The van der Waals surface area contributed by atoms with Gasteiger partial charge in [-0.3, -0.25) is 0 Å². The highest BCUT2D eigenvalue weighted by Gasteiger charge is 2.35. The van der Waals surface area contributed by atoms with Gasteiger partial charge in [-0.2, -0.15) is 0 Å². The van der Waals surface area contributed by atoms with Gasteiger partial charge in [-0.1, -0.05) is 31.9 Å². The van der Waals surface area contributed by atoms with Crippen molar-refractivity contribution < 1.29 is 5.11 Å². The molecule has 0 radical (unpaired) electrons. The molecular formula is C13H23NO. The zero-order valence-corrected chi connectivity index (χ0v) is 9.65. The average Bonchev–Trinajstić information content (AvgIpc) is 2.84. The molecule has 2 aliphatic carbocycles. The number of hydrogen-bond acceptors (Lipinski definition) is 2. The van der Waals surface area contributed by atoms with Crippen molar-refractivity contribution in [3.05, 3.63) is 12.2 Å². The normalized spacial score (nSPS) is 34.9. The van der Waals surface area contributed by atoms with Crippen LogP contribution in [0.15, 0.2) is 12.2 Å². The van der Waals surface area contributed by atoms with Crippen molar-refractivity contribution in [1.82, 2.24) is 5.32 Å². The van der Waals surface area contributed by atoms with E-state index in [1.165, 1.54) is 19.3 Å². The van der Waals surface area contributed by atoms with Crippen molar-refractivity contribution in [1.29, 1.82) is 0 Å². The molecule has 0 spiro atoms. The number of allylic oxidation sites excluding steroid dienone is 1. The molecule has 15 heavy (non-hydrogen) atoms. The SMILES string of the molecule is CCCCC(O)CNC1CC2C=CC1C2. The molecule has 2 bridgehead atoms. The van der Waals surface area contributed by atoms with Crippen LogP contribution >= 0.6 is 0 Å². The van der Waals surface area contributed by atoms with E-state index >= 15 is 0 Å². The third-order valence-corrected chi connectivity index (χ3v) is 3.79. The standard InChI is InChI=1S/C13H23NO/c1-2-3-4-12(15)9-14-13-8-10-5-6-11(13)7-10/h5-6,10-15H,2-4,7-9H2,1H3. The second-order valence-corrected chi connectivity index (χ2v) is 5.09. The molecule has 0 aromatic heterocycles. The maximum Gasteiger partial charge on any atom is 0.0664 e. The van der Waals surface area contributed by atoms with Gasteiger partial charge in [0.2, 0.25) is 0 Å². The number of aliphatic hydroxyl groups is 1. The summed E-state index contributed by atoms with van der Waals surface area (Å²) in [5.41, 5.74) is 0. The summed E-state index contributed by atoms with van der Waals surface area (Å²) in [5, 5.41) is 13.3. The monoisotopic (exact) mass is 209 g/mol. The zero-order chi connectivity index (χ0) is 10.7. The lowest BCUT2D eigenvalue weighted by molar-refractivity contribution is 0.152. The Balaban J connectivity index is 1.64. The van der Waals surface area contributed by atoms with E-state index in [2.05, 4.69) is 24.4 Å². The zero-order valence-electron chi connectivity index (χ0n) is 9.65. The Morgan fingerprint density at radius 3 is 2.87 bits per heavy atom. The Kier molecular flexibility index (Phi) is 3.81. The largest absolute Gasteiger partial charge is 0.392 e. The van der Waals surface area contributed by atoms with Gasteiger partial charge in [0, 0.05) is 12.6 Å². The van der Waals surface area contributed by atoms with Crippen LogP contribution in [0.25, 0.3) is 0 Å². The van der Waals surface area contributed by atoms with Crippen molar-refractivity contribution in [3.8, 4) is 0 Å². The highest BCUT2D eigenvalue weighted by Crippen LogP contribution is 2.38. The van der Waals surface area contributed by atoms with E-state index in [9.17, 15) is 5.11 Å². The van der Waals surface area contributed by atoms with E-state index in [0.717, 1.165) is 31.2 Å². The predicted molar refractivity (Wildman–Crippen MR) is 62.7 cm³/mol. The molecular weight excluding hydrogens is 186 g/mol. The molecule has 4 atom stereocenters. The summed E-state index contributed by atoms with van der Waals surface area (Å²) in [6.45, 7) is 2.95. The maximum absolute atomic E-state index is 9.73. The topological polar surface area (TPSA) is 32.3 Å². The molecule has 86 valence electrons. The number of fused-ring (bicyclic) bond motifs is 2. The van der Waals surface area contributed by atoms with E-state index in [1.807, 2.05) is 0 Å². The molecule has 0 amide bonds. The summed E-state index contributed by atoms with van der Waals surface area (Å²) in [7, 11) is 0. The molecule has 0 aromatic rings. The minimum Gasteiger partial charge on any atom is -0.392 e. The molecule has 2 heteroatoms. The molecule has 0 aliphatic heterocycles. The molecule has 2 nitrogen and oxygen atoms in total. The summed E-state index contributed by atoms with van der Waals surface area (Å²) < 4.78 is 0. The van der Waals surface area contributed by atoms with E-state index in [1.54, 1.807) is 0 Å². The van der Waals surface area contributed by atoms with Crippen LogP contribution in [0, 0.1) is 11.8 Å². The van der Waals surface area contributed by atoms with Gasteiger partial charge in [0.25, 0.3) is 0 Å². The minimum atomic E-state index is -0.145. The van der Waals surface area contributed by atoms with Gasteiger partial charge < -0.3 is 10.4 Å². The number of unbranched alkanes of at least 4 members (excludes halogenated alkanes) is 1. The molecule has 0 aromatic carbocycles. The van der Waals surface area contributed by atoms with Crippen molar-refractivity contribution >= 4 is 0 Å². The molecule has 2 rings (SSSR count). The van der Waals surface area contributed by atoms with Crippen LogP contribution in [0.4, 0.5) is 0 Å². The van der Waals surface area contributed by atoms with Gasteiger partial charge in [0.15, 0.2) is 0 Å². The first-order chi connectivity index (χ1) is 7.29. The Hall–Kier alpha value is -0.340. The van der Waals surface area contributed by atoms with Crippen LogP contribution in [0.2, 0.25) is 0 Å². The van der Waals surface area contributed by atoms with E-state index in [-0.39, 0.29) is 6.10 Å². The quantitative estimate of drug-likeness (QED) is 0.657. The first-order valence-electron chi connectivity index (χ1n) is 6.39. The molecule has 1 saturated carbocycles. The van der Waals surface area contributed by atoms with Crippen LogP contribution in [0.5, 0.6) is 0 Å². The van der Waals surface area contributed by atoms with E-state index < -0.39 is 0 Å². The van der Waals surface area contributed by atoms with Gasteiger partial charge in [-0.15, -0.1) is 0 Å². The number of rotatable bonds is 6. The maximum atomic E-state index is 9.73. The Morgan fingerprint density at radius 1 is 1.40 bits per heavy atom. The van der Waals surface area contributed by atoms with Crippen molar-refractivity contribution in [2.24, 2.45) is 11.8 Å². The second-order valence-electron chi connectivity index (χ2n) is 5.09. The van der Waals surface area contributed by atoms with Crippen molar-refractivity contribution in [3.63, 3.8) is 0 Å². The van der Waals surface area contributed by atoms with Crippen LogP contribution in [-0.4, -0.2) is 23.8 Å². The molecule has 4 unspecified atom stereocenters. The van der Waals surface area contributed by atoms with Crippen LogP contribution in [-0.2, 0) is 0 Å². The molecule has 2 aliphatic rings. The second kappa shape index (κ2) is 5.13. The Morgan fingerprint density at radius 2 is 2.27 bits per heavy atom. The Labute approximate surface area is 92.8 Å². The lowest BCUT2D eigenvalue weighted by Gasteiger charge is -2.21. The van der Waals surface area contributed by atoms with Crippen LogP contribution in [0.1, 0.15) is 39.0 Å². The summed E-state index contributed by atoms with van der Waals surface area (Å²) in [5.74, 6) is 1.56. The summed E-state index contributed by atoms with van der Waals surface area (Å²) >= 11 is 0. The molecule has 1 fully saturated rings. The van der Waals surface area contributed by atoms with Crippen LogP contribution in [0.3, 0.4) is 0 Å². The Bertz CT molecular complexity index is 227. The third-order valence-electron chi connectivity index (χ3n) is 3.79. The lowest BCUT2D eigenvalue weighted by atomic mass is 10.0. The third kappa shape index (κ3) is 2.82. The van der Waals surface area contributed by atoms with Gasteiger partial charge in [0.1, 0.15) is 0 Å². The summed E-state index contributed by atoms with van der Waals surface area (Å²) in [6.07, 6.45) is 10.4. The van der Waals surface area contributed by atoms with E-state index in [0.29, 0.717) is 6.04 Å². The summed E-state index contributed by atoms with van der Waals surface area (Å²) in [6, 6.07) is 0.635. The van der Waals surface area contributed by atoms with Crippen LogP contribution < -0.4 is 5.32 Å². The molecule has 0 heterocycles. The van der Waals surface area contributed by atoms with E-state index in [4.69, 9.17) is 0 Å². The molecule has 0 saturated heterocycles. The van der Waals surface area contributed by atoms with Gasteiger partial charge in [0.05, 0.1) is 6.10 Å². The smallest absolute Gasteiger partial charge is 0.0664 e. The summed E-state index contributed by atoms with van der Waals surface area (Å²) in [4.78, 5) is 0. The highest BCUT2D eigenvalue weighted by molar-refractivity contribution is 5.12. The minimum absolute atomic E-state index is 0.145. The fraction of sp³-hybridized carbons (Fsp3) is 0.846. The fourth-order valence-electron chi connectivity index (χ4n) is 2.84.